The van der Waals surface area contributed by atoms with E-state index in [0.29, 0.717) is 17.0 Å². The number of halogens is 1. The van der Waals surface area contributed by atoms with Crippen LogP contribution in [0.4, 0.5) is 0 Å². The average Bonchev–Trinajstić information content (AvgIpc) is 2.30. The summed E-state index contributed by atoms with van der Waals surface area (Å²) in [6.45, 7) is 6.30. The zero-order valence-electron chi connectivity index (χ0n) is 11.3. The second-order valence-corrected chi connectivity index (χ2v) is 5.74. The van der Waals surface area contributed by atoms with E-state index in [-0.39, 0.29) is 0 Å². The van der Waals surface area contributed by atoms with Gasteiger partial charge in [0.2, 0.25) is 0 Å². The molecule has 2 aromatic rings. The molecule has 0 aliphatic heterocycles. The van der Waals surface area contributed by atoms with Gasteiger partial charge in [-0.1, -0.05) is 55.9 Å². The molecule has 0 radical (unpaired) electrons. The second kappa shape index (κ2) is 5.85. The van der Waals surface area contributed by atoms with Gasteiger partial charge < -0.3 is 4.98 Å². The molecule has 1 aromatic carbocycles. The van der Waals surface area contributed by atoms with Crippen LogP contribution in [0, 0.1) is 11.6 Å². The Morgan fingerprint density at radius 2 is 2.00 bits per heavy atom. The molecule has 1 heterocycles. The van der Waals surface area contributed by atoms with E-state index in [2.05, 4.69) is 23.8 Å². The highest BCUT2D eigenvalue weighted by Crippen LogP contribution is 2.21. The standard InChI is InChI=1S/C15H17ClN2S/c1-9(2)14-10(3)17-13(18-15(14)19)8-11-6-4-5-7-12(11)16/h4-7,9H,8H2,1-3H3,(H,17,18,19). The molecule has 2 rings (SSSR count). The van der Waals surface area contributed by atoms with Crippen molar-refractivity contribution in [2.24, 2.45) is 0 Å². The van der Waals surface area contributed by atoms with Gasteiger partial charge in [-0.05, 0) is 24.5 Å². The smallest absolute Gasteiger partial charge is 0.133 e. The van der Waals surface area contributed by atoms with E-state index in [1.807, 2.05) is 31.2 Å². The number of nitrogens with zero attached hydrogens (tertiary/aromatic N) is 1. The van der Waals surface area contributed by atoms with Crippen molar-refractivity contribution in [2.75, 3.05) is 0 Å². The lowest BCUT2D eigenvalue weighted by Gasteiger charge is -2.12. The van der Waals surface area contributed by atoms with Crippen LogP contribution in [0.1, 0.15) is 42.4 Å². The molecule has 0 unspecified atom stereocenters. The van der Waals surface area contributed by atoms with Gasteiger partial charge in [-0.15, -0.1) is 0 Å². The molecule has 4 heteroatoms. The monoisotopic (exact) mass is 292 g/mol. The maximum atomic E-state index is 6.17. The summed E-state index contributed by atoms with van der Waals surface area (Å²) in [7, 11) is 0. The molecule has 1 N–H and O–H groups in total. The quantitative estimate of drug-likeness (QED) is 0.822. The largest absolute Gasteiger partial charge is 0.347 e. The van der Waals surface area contributed by atoms with Gasteiger partial charge in [0, 0.05) is 22.7 Å². The van der Waals surface area contributed by atoms with E-state index >= 15 is 0 Å². The molecule has 1 aromatic heterocycles. The first-order chi connectivity index (χ1) is 8.99. The van der Waals surface area contributed by atoms with Crippen LogP contribution < -0.4 is 0 Å². The number of benzene rings is 1. The molecule has 0 aliphatic carbocycles. The van der Waals surface area contributed by atoms with Crippen molar-refractivity contribution in [1.29, 1.82) is 0 Å². The van der Waals surface area contributed by atoms with Crippen molar-refractivity contribution >= 4 is 23.8 Å². The van der Waals surface area contributed by atoms with Crippen LogP contribution in [0.3, 0.4) is 0 Å². The fourth-order valence-electron chi connectivity index (χ4n) is 2.24. The predicted molar refractivity (Wildman–Crippen MR) is 82.5 cm³/mol. The van der Waals surface area contributed by atoms with Gasteiger partial charge in [-0.3, -0.25) is 0 Å². The summed E-state index contributed by atoms with van der Waals surface area (Å²) in [6, 6.07) is 7.80. The number of aromatic nitrogens is 2. The van der Waals surface area contributed by atoms with Crippen LogP contribution in [0.2, 0.25) is 5.02 Å². The molecule has 0 spiro atoms. The third-order valence-electron chi connectivity index (χ3n) is 3.10. The zero-order chi connectivity index (χ0) is 14.0. The molecule has 19 heavy (non-hydrogen) atoms. The van der Waals surface area contributed by atoms with Crippen molar-refractivity contribution in [3.63, 3.8) is 0 Å². The summed E-state index contributed by atoms with van der Waals surface area (Å²) >= 11 is 11.6. The van der Waals surface area contributed by atoms with Crippen LogP contribution in [-0.4, -0.2) is 9.97 Å². The van der Waals surface area contributed by atoms with E-state index in [1.54, 1.807) is 0 Å². The summed E-state index contributed by atoms with van der Waals surface area (Å²) in [6.07, 6.45) is 0.669. The Morgan fingerprint density at radius 1 is 1.32 bits per heavy atom. The minimum atomic E-state index is 0.380. The molecule has 0 bridgehead atoms. The van der Waals surface area contributed by atoms with Crippen molar-refractivity contribution in [3.8, 4) is 0 Å². The van der Waals surface area contributed by atoms with Crippen molar-refractivity contribution in [3.05, 3.63) is 56.6 Å². The van der Waals surface area contributed by atoms with Crippen LogP contribution in [0.25, 0.3) is 0 Å². The van der Waals surface area contributed by atoms with Gasteiger partial charge in [0.15, 0.2) is 0 Å². The fraction of sp³-hybridized carbons (Fsp3) is 0.333. The maximum Gasteiger partial charge on any atom is 0.133 e. The van der Waals surface area contributed by atoms with E-state index in [9.17, 15) is 0 Å². The number of H-pyrrole nitrogens is 1. The highest BCUT2D eigenvalue weighted by atomic mass is 35.5. The molecule has 0 fully saturated rings. The number of nitrogens with one attached hydrogen (secondary N) is 1. The minimum absolute atomic E-state index is 0.380. The number of hydrogen-bond donors (Lipinski definition) is 1. The number of aryl methyl sites for hydroxylation is 1. The second-order valence-electron chi connectivity index (χ2n) is 4.95. The van der Waals surface area contributed by atoms with Gasteiger partial charge in [0.05, 0.1) is 0 Å². The first-order valence-corrected chi connectivity index (χ1v) is 7.10. The molecule has 0 saturated carbocycles. The highest BCUT2D eigenvalue weighted by Gasteiger charge is 2.10. The Morgan fingerprint density at radius 3 is 2.58 bits per heavy atom. The molecular weight excluding hydrogens is 276 g/mol. The predicted octanol–water partition coefficient (Wildman–Crippen LogP) is 4.82. The first kappa shape index (κ1) is 14.2. The summed E-state index contributed by atoms with van der Waals surface area (Å²) in [5, 5.41) is 0.759. The van der Waals surface area contributed by atoms with Crippen LogP contribution in [-0.2, 0) is 6.42 Å². The topological polar surface area (TPSA) is 28.7 Å². The van der Waals surface area contributed by atoms with Gasteiger partial charge in [-0.2, -0.15) is 0 Å². The summed E-state index contributed by atoms with van der Waals surface area (Å²) in [5.74, 6) is 1.24. The third kappa shape index (κ3) is 3.23. The van der Waals surface area contributed by atoms with Crippen molar-refractivity contribution in [2.45, 2.75) is 33.1 Å². The molecule has 0 saturated heterocycles. The Bertz CT molecular complexity index is 647. The Hall–Kier alpha value is -1.19. The first-order valence-electron chi connectivity index (χ1n) is 6.32. The molecule has 2 nitrogen and oxygen atoms in total. The maximum absolute atomic E-state index is 6.17. The SMILES string of the molecule is Cc1[nH]c(Cc2ccccc2Cl)nc(=S)c1C(C)C. The normalized spacial score (nSPS) is 11.0. The lowest BCUT2D eigenvalue weighted by molar-refractivity contribution is 0.803. The van der Waals surface area contributed by atoms with Crippen LogP contribution in [0.15, 0.2) is 24.3 Å². The van der Waals surface area contributed by atoms with E-state index < -0.39 is 0 Å². The zero-order valence-corrected chi connectivity index (χ0v) is 12.9. The molecule has 100 valence electrons. The Kier molecular flexibility index (Phi) is 4.38. The van der Waals surface area contributed by atoms with Crippen LogP contribution in [0.5, 0.6) is 0 Å². The number of hydrogen-bond acceptors (Lipinski definition) is 2. The lowest BCUT2D eigenvalue weighted by Crippen LogP contribution is -2.05. The molecule has 0 amide bonds. The van der Waals surface area contributed by atoms with Crippen molar-refractivity contribution in [1.82, 2.24) is 9.97 Å². The van der Waals surface area contributed by atoms with Crippen LogP contribution >= 0.6 is 23.8 Å². The van der Waals surface area contributed by atoms with Gasteiger partial charge in [0.1, 0.15) is 10.5 Å². The summed E-state index contributed by atoms with van der Waals surface area (Å²) in [5.41, 5.74) is 3.27. The van der Waals surface area contributed by atoms with E-state index in [1.165, 1.54) is 0 Å². The average molecular weight is 293 g/mol. The summed E-state index contributed by atoms with van der Waals surface area (Å²) < 4.78 is 0.688. The fourth-order valence-corrected chi connectivity index (χ4v) is 2.94. The third-order valence-corrected chi connectivity index (χ3v) is 3.78. The number of aromatic amines is 1. The molecule has 0 aliphatic rings. The van der Waals surface area contributed by atoms with E-state index in [0.717, 1.165) is 27.7 Å². The highest BCUT2D eigenvalue weighted by molar-refractivity contribution is 7.71. The van der Waals surface area contributed by atoms with Gasteiger partial charge >= 0.3 is 0 Å². The van der Waals surface area contributed by atoms with E-state index in [4.69, 9.17) is 23.8 Å². The lowest BCUT2D eigenvalue weighted by atomic mass is 10.0. The van der Waals surface area contributed by atoms with Gasteiger partial charge in [-0.25, -0.2) is 4.98 Å². The Labute approximate surface area is 123 Å². The summed E-state index contributed by atoms with van der Waals surface area (Å²) in [4.78, 5) is 7.83. The Balaban J connectivity index is 2.38. The number of rotatable bonds is 3. The minimum Gasteiger partial charge on any atom is -0.347 e. The molecule has 0 atom stereocenters. The van der Waals surface area contributed by atoms with Gasteiger partial charge in [0.25, 0.3) is 0 Å². The molecular formula is C15H17ClN2S. The van der Waals surface area contributed by atoms with Crippen molar-refractivity contribution < 1.29 is 0 Å².